The Balaban J connectivity index is 2.57. The fraction of sp³-hybridized carbons (Fsp3) is 0. The van der Waals surface area contributed by atoms with Crippen molar-refractivity contribution in [3.05, 3.63) is 30.5 Å². The van der Waals surface area contributed by atoms with Gasteiger partial charge in [-0.2, -0.15) is 8.42 Å². The highest BCUT2D eigenvalue weighted by atomic mass is 32.2. The molecule has 0 unspecified atom stereocenters. The van der Waals surface area contributed by atoms with E-state index in [2.05, 4.69) is 14.6 Å². The Morgan fingerprint density at radius 3 is 2.87 bits per heavy atom. The summed E-state index contributed by atoms with van der Waals surface area (Å²) in [5, 5.41) is 4.37. The Bertz CT molecular complexity index is 692. The van der Waals surface area contributed by atoms with Gasteiger partial charge in [-0.05, 0) is 12.1 Å². The normalized spacial score (nSPS) is 16.8. The van der Waals surface area contributed by atoms with Crippen LogP contribution in [0.2, 0.25) is 0 Å². The van der Waals surface area contributed by atoms with Crippen molar-refractivity contribution >= 4 is 26.6 Å². The lowest BCUT2D eigenvalue weighted by atomic mass is 10.2. The van der Waals surface area contributed by atoms with Gasteiger partial charge >= 0.3 is 10.0 Å². The van der Waals surface area contributed by atoms with Gasteiger partial charge in [0, 0.05) is 11.6 Å². The molecule has 2 heterocycles. The molecule has 0 spiro atoms. The molecule has 2 aromatic rings. The molecule has 0 saturated carbocycles. The number of sulfonamides is 1. The molecule has 0 radical (unpaired) electrons. The van der Waals surface area contributed by atoms with Crippen LogP contribution >= 0.6 is 0 Å². The highest BCUT2D eigenvalue weighted by molar-refractivity contribution is 7.90. The van der Waals surface area contributed by atoms with Gasteiger partial charge in [0.15, 0.2) is 0 Å². The van der Waals surface area contributed by atoms with Gasteiger partial charge in [0.1, 0.15) is 10.6 Å². The molecule has 6 heteroatoms. The molecule has 74 valence electrons. The number of nitrogens with zero attached hydrogens (tertiary/aromatic N) is 3. The molecule has 0 amide bonds. The molecule has 1 aromatic heterocycles. The predicted molar refractivity (Wildman–Crippen MR) is 53.4 cm³/mol. The third-order valence-electron chi connectivity index (χ3n) is 2.22. The molecule has 0 fully saturated rings. The standard InChI is InChI=1S/C9H5N3O2S/c13-15(14)9-7(11-12-15)4-3-6-2-1-5-10-8(6)9/h1-5H. The van der Waals surface area contributed by atoms with Crippen LogP contribution in [0.3, 0.4) is 0 Å². The summed E-state index contributed by atoms with van der Waals surface area (Å²) < 4.78 is 26.4. The molecule has 5 nitrogen and oxygen atoms in total. The zero-order valence-electron chi connectivity index (χ0n) is 7.45. The number of hydrogen-bond acceptors (Lipinski definition) is 4. The summed E-state index contributed by atoms with van der Waals surface area (Å²) >= 11 is 0. The van der Waals surface area contributed by atoms with E-state index in [-0.39, 0.29) is 4.90 Å². The minimum atomic E-state index is -3.64. The number of pyridine rings is 1. The Morgan fingerprint density at radius 2 is 2.00 bits per heavy atom. The third-order valence-corrected chi connectivity index (χ3v) is 3.44. The third kappa shape index (κ3) is 1.08. The first-order valence-corrected chi connectivity index (χ1v) is 5.68. The summed E-state index contributed by atoms with van der Waals surface area (Å²) in [6.45, 7) is 0. The van der Waals surface area contributed by atoms with Crippen LogP contribution in [0.4, 0.5) is 5.69 Å². The Morgan fingerprint density at radius 1 is 1.13 bits per heavy atom. The largest absolute Gasteiger partial charge is 0.304 e. The molecule has 0 bridgehead atoms. The van der Waals surface area contributed by atoms with Gasteiger partial charge in [-0.3, -0.25) is 4.98 Å². The van der Waals surface area contributed by atoms with E-state index in [1.807, 2.05) is 0 Å². The molecule has 0 atom stereocenters. The number of hydrogen-bond donors (Lipinski definition) is 0. The maximum Gasteiger partial charge on any atom is 0.304 e. The molecule has 15 heavy (non-hydrogen) atoms. The van der Waals surface area contributed by atoms with E-state index >= 15 is 0 Å². The number of fused-ring (bicyclic) bond motifs is 3. The van der Waals surface area contributed by atoms with Gasteiger partial charge in [0.25, 0.3) is 0 Å². The van der Waals surface area contributed by atoms with Crippen molar-refractivity contribution in [3.8, 4) is 0 Å². The average molecular weight is 219 g/mol. The molecule has 1 aliphatic rings. The van der Waals surface area contributed by atoms with Crippen LogP contribution in [0.1, 0.15) is 0 Å². The van der Waals surface area contributed by atoms with Gasteiger partial charge in [-0.25, -0.2) is 0 Å². The van der Waals surface area contributed by atoms with Crippen molar-refractivity contribution in [1.29, 1.82) is 0 Å². The first-order chi connectivity index (χ1) is 7.18. The monoisotopic (exact) mass is 219 g/mol. The Hall–Kier alpha value is -1.82. The van der Waals surface area contributed by atoms with E-state index in [0.29, 0.717) is 11.2 Å². The molecule has 0 aliphatic carbocycles. The van der Waals surface area contributed by atoms with Crippen molar-refractivity contribution in [3.63, 3.8) is 0 Å². The summed E-state index contributed by atoms with van der Waals surface area (Å²) in [7, 11) is -3.64. The lowest BCUT2D eigenvalue weighted by Crippen LogP contribution is -1.94. The van der Waals surface area contributed by atoms with Crippen LogP contribution < -0.4 is 0 Å². The van der Waals surface area contributed by atoms with Crippen molar-refractivity contribution in [2.75, 3.05) is 0 Å². The van der Waals surface area contributed by atoms with Crippen LogP contribution in [0.5, 0.6) is 0 Å². The van der Waals surface area contributed by atoms with E-state index in [9.17, 15) is 8.42 Å². The number of benzene rings is 1. The molecule has 0 N–H and O–H groups in total. The summed E-state index contributed by atoms with van der Waals surface area (Å²) in [4.78, 5) is 4.16. The van der Waals surface area contributed by atoms with Crippen LogP contribution in [0, 0.1) is 0 Å². The second-order valence-electron chi connectivity index (χ2n) is 3.15. The van der Waals surface area contributed by atoms with Gasteiger partial charge in [-0.15, -0.1) is 5.11 Å². The van der Waals surface area contributed by atoms with Crippen LogP contribution in [-0.4, -0.2) is 13.4 Å². The zero-order valence-corrected chi connectivity index (χ0v) is 8.27. The van der Waals surface area contributed by atoms with E-state index < -0.39 is 10.0 Å². The molecule has 3 rings (SSSR count). The Labute approximate surface area is 85.5 Å². The van der Waals surface area contributed by atoms with Gasteiger partial charge in [0.2, 0.25) is 0 Å². The van der Waals surface area contributed by atoms with Crippen molar-refractivity contribution in [2.45, 2.75) is 4.90 Å². The van der Waals surface area contributed by atoms with E-state index in [1.165, 1.54) is 0 Å². The first-order valence-electron chi connectivity index (χ1n) is 4.24. The van der Waals surface area contributed by atoms with Crippen LogP contribution in [0.25, 0.3) is 10.9 Å². The lowest BCUT2D eigenvalue weighted by molar-refractivity contribution is 0.599. The maximum absolute atomic E-state index is 11.6. The SMILES string of the molecule is O=S1(=O)N=Nc2ccc3cccnc3c21. The summed E-state index contributed by atoms with van der Waals surface area (Å²) in [5.41, 5.74) is 0.793. The minimum Gasteiger partial charge on any atom is -0.255 e. The summed E-state index contributed by atoms with van der Waals surface area (Å²) in [6.07, 6.45) is 1.55. The molecular weight excluding hydrogens is 214 g/mol. The van der Waals surface area contributed by atoms with Crippen LogP contribution in [0.15, 0.2) is 45.0 Å². The summed E-state index contributed by atoms with van der Waals surface area (Å²) in [5.74, 6) is 0. The Kier molecular flexibility index (Phi) is 1.47. The summed E-state index contributed by atoms with van der Waals surface area (Å²) in [6, 6.07) is 6.97. The first kappa shape index (κ1) is 8.49. The highest BCUT2D eigenvalue weighted by Gasteiger charge is 2.27. The number of aromatic nitrogens is 1. The lowest BCUT2D eigenvalue weighted by Gasteiger charge is -2.00. The van der Waals surface area contributed by atoms with Crippen LogP contribution in [-0.2, 0) is 10.0 Å². The van der Waals surface area contributed by atoms with E-state index in [4.69, 9.17) is 0 Å². The molecule has 1 aliphatic heterocycles. The maximum atomic E-state index is 11.6. The van der Waals surface area contributed by atoms with Crippen molar-refractivity contribution in [1.82, 2.24) is 4.98 Å². The topological polar surface area (TPSA) is 71.8 Å². The van der Waals surface area contributed by atoms with Crippen molar-refractivity contribution < 1.29 is 8.42 Å². The number of rotatable bonds is 0. The molecule has 1 aromatic carbocycles. The zero-order chi connectivity index (χ0) is 10.5. The molecule has 0 saturated heterocycles. The van der Waals surface area contributed by atoms with E-state index in [0.717, 1.165) is 5.39 Å². The minimum absolute atomic E-state index is 0.112. The fourth-order valence-electron chi connectivity index (χ4n) is 1.58. The van der Waals surface area contributed by atoms with Gasteiger partial charge in [0.05, 0.1) is 5.52 Å². The second-order valence-corrected chi connectivity index (χ2v) is 4.67. The van der Waals surface area contributed by atoms with Gasteiger partial charge < -0.3 is 0 Å². The quantitative estimate of drug-likeness (QED) is 0.680. The average Bonchev–Trinajstić information content (AvgIpc) is 2.55. The van der Waals surface area contributed by atoms with Gasteiger partial charge in [-0.1, -0.05) is 16.7 Å². The molecular formula is C9H5N3O2S. The van der Waals surface area contributed by atoms with E-state index in [1.54, 1.807) is 30.5 Å². The van der Waals surface area contributed by atoms with Crippen molar-refractivity contribution in [2.24, 2.45) is 9.63 Å². The smallest absolute Gasteiger partial charge is 0.255 e. The second kappa shape index (κ2) is 2.60. The fourth-order valence-corrected chi connectivity index (χ4v) is 2.64. The highest BCUT2D eigenvalue weighted by Crippen LogP contribution is 2.37. The predicted octanol–water partition coefficient (Wildman–Crippen LogP) is 2.02.